The molecular formula is C22H20FNO5S. The van der Waals surface area contributed by atoms with Gasteiger partial charge in [-0.2, -0.15) is 0 Å². The van der Waals surface area contributed by atoms with Gasteiger partial charge in [-0.25, -0.2) is 17.6 Å². The third kappa shape index (κ3) is 5.15. The first kappa shape index (κ1) is 21.3. The lowest BCUT2D eigenvalue weighted by Crippen LogP contribution is -2.26. The molecule has 6 nitrogen and oxygen atoms in total. The summed E-state index contributed by atoms with van der Waals surface area (Å²) in [6.45, 7) is 1.53. The van der Waals surface area contributed by atoms with E-state index in [9.17, 15) is 17.6 Å². The largest absolute Gasteiger partial charge is 0.482 e. The highest BCUT2D eigenvalue weighted by Gasteiger charge is 2.21. The quantitative estimate of drug-likeness (QED) is 0.420. The summed E-state index contributed by atoms with van der Waals surface area (Å²) in [7, 11) is -2.23. The highest BCUT2D eigenvalue weighted by Crippen LogP contribution is 2.24. The van der Waals surface area contributed by atoms with Gasteiger partial charge in [0, 0.05) is 7.05 Å². The Bertz CT molecular complexity index is 1110. The number of sulfonamides is 1. The van der Waals surface area contributed by atoms with E-state index in [4.69, 9.17) is 9.47 Å². The van der Waals surface area contributed by atoms with Crippen molar-refractivity contribution in [2.45, 2.75) is 11.8 Å². The van der Waals surface area contributed by atoms with Crippen LogP contribution < -0.4 is 13.8 Å². The van der Waals surface area contributed by atoms with Crippen LogP contribution in [0.5, 0.6) is 11.5 Å². The molecule has 0 atom stereocenters. The molecule has 0 aromatic heterocycles. The van der Waals surface area contributed by atoms with Gasteiger partial charge in [-0.05, 0) is 67.6 Å². The van der Waals surface area contributed by atoms with Gasteiger partial charge in [0.1, 0.15) is 17.3 Å². The number of rotatable bonds is 7. The topological polar surface area (TPSA) is 72.9 Å². The molecule has 8 heteroatoms. The molecule has 0 radical (unpaired) electrons. The van der Waals surface area contributed by atoms with Crippen LogP contribution in [0.3, 0.4) is 0 Å². The second kappa shape index (κ2) is 8.96. The number of carbonyl (C=O) groups is 1. The molecule has 0 saturated heterocycles. The van der Waals surface area contributed by atoms with Gasteiger partial charge in [-0.1, -0.05) is 17.7 Å². The standard InChI is InChI=1S/C22H20FNO5S/c1-16-3-13-21(14-4-16)30(26,27)24(2)18-7-11-19(12-8-18)28-15-22(25)29-20-9-5-17(23)6-10-20/h3-14H,15H2,1-2H3. The number of benzene rings is 3. The van der Waals surface area contributed by atoms with Gasteiger partial charge in [0.25, 0.3) is 10.0 Å². The van der Waals surface area contributed by atoms with Crippen molar-refractivity contribution in [3.8, 4) is 11.5 Å². The molecule has 0 saturated carbocycles. The lowest BCUT2D eigenvalue weighted by molar-refractivity contribution is -0.136. The number of nitrogens with zero attached hydrogens (tertiary/aromatic N) is 1. The third-order valence-electron chi connectivity index (χ3n) is 4.28. The van der Waals surface area contributed by atoms with Crippen molar-refractivity contribution < 1.29 is 27.1 Å². The normalized spacial score (nSPS) is 11.0. The van der Waals surface area contributed by atoms with Gasteiger partial charge < -0.3 is 9.47 Å². The average molecular weight is 429 g/mol. The van der Waals surface area contributed by atoms with Crippen LogP contribution >= 0.6 is 0 Å². The number of aryl methyl sites for hydroxylation is 1. The summed E-state index contributed by atoms with van der Waals surface area (Å²) in [5.41, 5.74) is 1.41. The minimum Gasteiger partial charge on any atom is -0.482 e. The molecule has 0 amide bonds. The Morgan fingerprint density at radius 3 is 2.07 bits per heavy atom. The van der Waals surface area contributed by atoms with Crippen molar-refractivity contribution in [3.05, 3.63) is 84.2 Å². The lowest BCUT2D eigenvalue weighted by Gasteiger charge is -2.20. The first-order valence-corrected chi connectivity index (χ1v) is 10.4. The predicted octanol–water partition coefficient (Wildman–Crippen LogP) is 3.94. The number of hydrogen-bond donors (Lipinski definition) is 0. The Hall–Kier alpha value is -3.39. The number of hydrogen-bond acceptors (Lipinski definition) is 5. The van der Waals surface area contributed by atoms with E-state index in [0.29, 0.717) is 11.4 Å². The van der Waals surface area contributed by atoms with Crippen molar-refractivity contribution in [1.82, 2.24) is 0 Å². The molecule has 3 rings (SSSR count). The molecule has 0 aliphatic carbocycles. The summed E-state index contributed by atoms with van der Waals surface area (Å²) in [4.78, 5) is 12.0. The van der Waals surface area contributed by atoms with E-state index in [1.807, 2.05) is 6.92 Å². The van der Waals surface area contributed by atoms with Gasteiger partial charge in [-0.3, -0.25) is 4.31 Å². The van der Waals surface area contributed by atoms with E-state index >= 15 is 0 Å². The number of halogens is 1. The van der Waals surface area contributed by atoms with Crippen LogP contribution in [0.4, 0.5) is 10.1 Å². The SMILES string of the molecule is Cc1ccc(S(=O)(=O)N(C)c2ccc(OCC(=O)Oc3ccc(F)cc3)cc2)cc1. The molecule has 0 heterocycles. The molecule has 0 fully saturated rings. The maximum Gasteiger partial charge on any atom is 0.349 e. The first-order chi connectivity index (χ1) is 14.3. The Morgan fingerprint density at radius 2 is 1.47 bits per heavy atom. The molecule has 0 bridgehead atoms. The number of anilines is 1. The number of ether oxygens (including phenoxy) is 2. The Balaban J connectivity index is 1.60. The van der Waals surface area contributed by atoms with Crippen molar-refractivity contribution >= 4 is 21.7 Å². The van der Waals surface area contributed by atoms with Gasteiger partial charge in [0.2, 0.25) is 0 Å². The third-order valence-corrected chi connectivity index (χ3v) is 6.08. The first-order valence-electron chi connectivity index (χ1n) is 9.00. The van der Waals surface area contributed by atoms with E-state index < -0.39 is 21.8 Å². The molecule has 0 aliphatic heterocycles. The van der Waals surface area contributed by atoms with Gasteiger partial charge >= 0.3 is 5.97 Å². The Kier molecular flexibility index (Phi) is 6.37. The van der Waals surface area contributed by atoms with Crippen LogP contribution in [0, 0.1) is 12.7 Å². The number of esters is 1. The average Bonchev–Trinajstić information content (AvgIpc) is 2.74. The predicted molar refractivity (Wildman–Crippen MR) is 111 cm³/mol. The molecule has 0 aliphatic rings. The molecule has 30 heavy (non-hydrogen) atoms. The van der Waals surface area contributed by atoms with Gasteiger partial charge in [-0.15, -0.1) is 0 Å². The summed E-state index contributed by atoms with van der Waals surface area (Å²) in [5.74, 6) is -0.496. The van der Waals surface area contributed by atoms with Crippen molar-refractivity contribution in [1.29, 1.82) is 0 Å². The summed E-state index contributed by atoms with van der Waals surface area (Å²) in [5, 5.41) is 0. The maximum absolute atomic E-state index is 12.9. The van der Waals surface area contributed by atoms with Crippen LogP contribution in [-0.2, 0) is 14.8 Å². The monoisotopic (exact) mass is 429 g/mol. The van der Waals surface area contributed by atoms with Crippen LogP contribution in [0.15, 0.2) is 77.7 Å². The van der Waals surface area contributed by atoms with E-state index in [2.05, 4.69) is 0 Å². The minimum absolute atomic E-state index is 0.194. The van der Waals surface area contributed by atoms with Crippen molar-refractivity contribution in [2.75, 3.05) is 18.0 Å². The smallest absolute Gasteiger partial charge is 0.349 e. The summed E-state index contributed by atoms with van der Waals surface area (Å²) in [6.07, 6.45) is 0. The van der Waals surface area contributed by atoms with E-state index in [1.54, 1.807) is 48.5 Å². The van der Waals surface area contributed by atoms with Crippen LogP contribution in [0.2, 0.25) is 0 Å². The number of carbonyl (C=O) groups excluding carboxylic acids is 1. The second-order valence-electron chi connectivity index (χ2n) is 6.50. The zero-order valence-corrected chi connectivity index (χ0v) is 17.2. The van der Waals surface area contributed by atoms with E-state index in [-0.39, 0.29) is 17.3 Å². The summed E-state index contributed by atoms with van der Waals surface area (Å²) in [6, 6.07) is 17.9. The fraction of sp³-hybridized carbons (Fsp3) is 0.136. The lowest BCUT2D eigenvalue weighted by atomic mass is 10.2. The Labute approximate surface area is 174 Å². The molecule has 0 unspecified atom stereocenters. The molecule has 3 aromatic rings. The maximum atomic E-state index is 12.9. The summed E-state index contributed by atoms with van der Waals surface area (Å²) >= 11 is 0. The highest BCUT2D eigenvalue weighted by atomic mass is 32.2. The molecule has 0 spiro atoms. The van der Waals surface area contributed by atoms with E-state index in [1.165, 1.54) is 35.6 Å². The van der Waals surface area contributed by atoms with Crippen molar-refractivity contribution in [2.24, 2.45) is 0 Å². The fourth-order valence-electron chi connectivity index (χ4n) is 2.57. The molecule has 156 valence electrons. The molecule has 3 aromatic carbocycles. The van der Waals surface area contributed by atoms with Gasteiger partial charge in [0.15, 0.2) is 6.61 Å². The molecule has 0 N–H and O–H groups in total. The zero-order chi connectivity index (χ0) is 21.7. The minimum atomic E-state index is -3.69. The van der Waals surface area contributed by atoms with Crippen LogP contribution in [-0.4, -0.2) is 28.0 Å². The second-order valence-corrected chi connectivity index (χ2v) is 8.47. The Morgan fingerprint density at radius 1 is 0.900 bits per heavy atom. The molecular weight excluding hydrogens is 409 g/mol. The fourth-order valence-corrected chi connectivity index (χ4v) is 3.76. The van der Waals surface area contributed by atoms with Gasteiger partial charge in [0.05, 0.1) is 10.6 Å². The van der Waals surface area contributed by atoms with Crippen LogP contribution in [0.25, 0.3) is 0 Å². The van der Waals surface area contributed by atoms with Crippen LogP contribution in [0.1, 0.15) is 5.56 Å². The highest BCUT2D eigenvalue weighted by molar-refractivity contribution is 7.92. The zero-order valence-electron chi connectivity index (χ0n) is 16.4. The van der Waals surface area contributed by atoms with E-state index in [0.717, 1.165) is 5.56 Å². The van der Waals surface area contributed by atoms with Crippen molar-refractivity contribution in [3.63, 3.8) is 0 Å². The summed E-state index contributed by atoms with van der Waals surface area (Å²) < 4.78 is 49.9.